The highest BCUT2D eigenvalue weighted by molar-refractivity contribution is 7.07. The van der Waals surface area contributed by atoms with E-state index in [1.165, 1.54) is 23.7 Å². The number of para-hydroxylation sites is 1. The summed E-state index contributed by atoms with van der Waals surface area (Å²) in [5, 5.41) is 4.88. The van der Waals surface area contributed by atoms with Crippen molar-refractivity contribution >= 4 is 40.9 Å². The van der Waals surface area contributed by atoms with E-state index >= 15 is 0 Å². The molecule has 0 fully saturated rings. The summed E-state index contributed by atoms with van der Waals surface area (Å²) in [6, 6.07) is 12.7. The molecule has 1 N–H and O–H groups in total. The molecular formula is C20H14ClN3O3S. The van der Waals surface area contributed by atoms with Crippen molar-refractivity contribution in [3.8, 4) is 5.69 Å². The maximum atomic E-state index is 12.3. The number of furan rings is 1. The summed E-state index contributed by atoms with van der Waals surface area (Å²) in [7, 11) is 0. The fourth-order valence-electron chi connectivity index (χ4n) is 2.68. The third-order valence-electron chi connectivity index (χ3n) is 4.03. The second-order valence-electron chi connectivity index (χ2n) is 5.95. The van der Waals surface area contributed by atoms with Gasteiger partial charge in [-0.2, -0.15) is 5.10 Å². The largest absolute Gasteiger partial charge is 0.461 e. The van der Waals surface area contributed by atoms with Crippen LogP contribution in [0.3, 0.4) is 0 Å². The minimum Gasteiger partial charge on any atom is -0.461 e. The first kappa shape index (κ1) is 18.2. The Kier molecular flexibility index (Phi) is 4.85. The monoisotopic (exact) mass is 411 g/mol. The summed E-state index contributed by atoms with van der Waals surface area (Å²) in [4.78, 5) is 27.1. The molecule has 4 aromatic rings. The summed E-state index contributed by atoms with van der Waals surface area (Å²) >= 11 is 7.68. The third-order valence-corrected chi connectivity index (χ3v) is 5.36. The van der Waals surface area contributed by atoms with Crippen molar-refractivity contribution in [1.29, 1.82) is 0 Å². The Bertz CT molecular complexity index is 1320. The van der Waals surface area contributed by atoms with Gasteiger partial charge in [-0.3, -0.25) is 9.59 Å². The average Bonchev–Trinajstić information content (AvgIpc) is 3.40. The van der Waals surface area contributed by atoms with Crippen LogP contribution in [0, 0.1) is 6.92 Å². The van der Waals surface area contributed by atoms with Crippen molar-refractivity contribution in [2.24, 2.45) is 0 Å². The molecule has 140 valence electrons. The van der Waals surface area contributed by atoms with Gasteiger partial charge in [0.25, 0.3) is 5.56 Å². The molecule has 0 aliphatic carbocycles. The normalized spacial score (nSPS) is 12.6. The van der Waals surface area contributed by atoms with Crippen LogP contribution in [0.15, 0.2) is 57.9 Å². The molecule has 0 atom stereocenters. The summed E-state index contributed by atoms with van der Waals surface area (Å²) < 4.78 is 7.55. The van der Waals surface area contributed by atoms with Crippen LogP contribution in [0.1, 0.15) is 21.8 Å². The maximum absolute atomic E-state index is 12.3. The first-order chi connectivity index (χ1) is 13.5. The molecule has 0 saturated heterocycles. The number of Topliss-reactive ketones (excluding diaryl/α,β-unsaturated/α-hetero) is 1. The molecule has 1 aromatic carbocycles. The van der Waals surface area contributed by atoms with Crippen LogP contribution in [0.2, 0.25) is 5.15 Å². The van der Waals surface area contributed by atoms with Crippen molar-refractivity contribution in [1.82, 2.24) is 14.8 Å². The number of carbonyl (C=O) groups excluding carboxylic acids is 1. The van der Waals surface area contributed by atoms with Crippen molar-refractivity contribution in [3.63, 3.8) is 0 Å². The summed E-state index contributed by atoms with van der Waals surface area (Å²) in [6.45, 7) is 1.83. The molecule has 0 amide bonds. The Labute approximate surface area is 168 Å². The number of hydrogen-bond acceptors (Lipinski definition) is 5. The molecule has 0 aliphatic heterocycles. The van der Waals surface area contributed by atoms with Gasteiger partial charge in [-0.15, -0.1) is 11.3 Å². The quantitative estimate of drug-likeness (QED) is 0.523. The van der Waals surface area contributed by atoms with Crippen LogP contribution in [0.5, 0.6) is 0 Å². The first-order valence-electron chi connectivity index (χ1n) is 8.34. The average molecular weight is 412 g/mol. The van der Waals surface area contributed by atoms with Crippen LogP contribution < -0.4 is 14.8 Å². The number of nitrogens with one attached hydrogen (secondary N) is 1. The Morgan fingerprint density at radius 1 is 1.25 bits per heavy atom. The molecule has 0 radical (unpaired) electrons. The molecule has 0 unspecified atom stereocenters. The highest BCUT2D eigenvalue weighted by Crippen LogP contribution is 2.23. The molecule has 3 aromatic heterocycles. The van der Waals surface area contributed by atoms with E-state index in [1.54, 1.807) is 22.9 Å². The van der Waals surface area contributed by atoms with E-state index in [4.69, 9.17) is 16.0 Å². The number of aromatic nitrogens is 3. The van der Waals surface area contributed by atoms with E-state index in [2.05, 4.69) is 10.1 Å². The maximum Gasteiger partial charge on any atom is 0.266 e. The van der Waals surface area contributed by atoms with Gasteiger partial charge >= 0.3 is 0 Å². The molecule has 8 heteroatoms. The lowest BCUT2D eigenvalue weighted by Gasteiger charge is -2.01. The van der Waals surface area contributed by atoms with Crippen molar-refractivity contribution in [2.45, 2.75) is 6.92 Å². The highest BCUT2D eigenvalue weighted by Gasteiger charge is 2.13. The summed E-state index contributed by atoms with van der Waals surface area (Å²) in [6.07, 6.45) is 4.44. The van der Waals surface area contributed by atoms with E-state index in [9.17, 15) is 9.59 Å². The van der Waals surface area contributed by atoms with Gasteiger partial charge in [0, 0.05) is 11.6 Å². The zero-order valence-electron chi connectivity index (χ0n) is 14.7. The zero-order valence-corrected chi connectivity index (χ0v) is 16.3. The topological polar surface area (TPSA) is 80.9 Å². The molecular weight excluding hydrogens is 398 g/mol. The van der Waals surface area contributed by atoms with Gasteiger partial charge in [0.1, 0.15) is 5.15 Å². The van der Waals surface area contributed by atoms with Gasteiger partial charge in [-0.1, -0.05) is 29.8 Å². The number of ketones is 1. The predicted molar refractivity (Wildman–Crippen MR) is 109 cm³/mol. The lowest BCUT2D eigenvalue weighted by atomic mass is 10.2. The van der Waals surface area contributed by atoms with E-state index < -0.39 is 0 Å². The second kappa shape index (κ2) is 7.46. The van der Waals surface area contributed by atoms with Gasteiger partial charge in [0.05, 0.1) is 26.8 Å². The number of benzene rings is 1. The Morgan fingerprint density at radius 3 is 2.75 bits per heavy atom. The van der Waals surface area contributed by atoms with E-state index in [0.717, 1.165) is 5.69 Å². The third kappa shape index (κ3) is 3.49. The highest BCUT2D eigenvalue weighted by atomic mass is 35.5. The molecule has 0 saturated carbocycles. The number of carbonyl (C=O) groups is 1. The van der Waals surface area contributed by atoms with Crippen LogP contribution >= 0.6 is 22.9 Å². The molecule has 3 heterocycles. The number of nitrogens with zero attached hydrogens (tertiary/aromatic N) is 2. The molecule has 4 rings (SSSR count). The lowest BCUT2D eigenvalue weighted by Crippen LogP contribution is -2.20. The van der Waals surface area contributed by atoms with Gasteiger partial charge in [0.2, 0.25) is 5.78 Å². The number of thiazole rings is 1. The fourth-order valence-corrected chi connectivity index (χ4v) is 3.87. The summed E-state index contributed by atoms with van der Waals surface area (Å²) in [5.74, 6) is -0.108. The fraction of sp³-hybridized carbons (Fsp3) is 0.0500. The van der Waals surface area contributed by atoms with Crippen LogP contribution in [-0.2, 0) is 0 Å². The van der Waals surface area contributed by atoms with Gasteiger partial charge in [-0.25, -0.2) is 4.68 Å². The molecule has 0 aliphatic rings. The first-order valence-corrected chi connectivity index (χ1v) is 9.53. The number of halogens is 1. The van der Waals surface area contributed by atoms with Crippen molar-refractivity contribution in [3.05, 3.63) is 90.4 Å². The zero-order chi connectivity index (χ0) is 19.7. The Balaban J connectivity index is 1.77. The van der Waals surface area contributed by atoms with E-state index in [-0.39, 0.29) is 17.1 Å². The molecule has 0 spiro atoms. The molecule has 0 bridgehead atoms. The Morgan fingerprint density at radius 2 is 2.04 bits per heavy atom. The number of aryl methyl sites for hydroxylation is 1. The minimum absolute atomic E-state index is 0.211. The lowest BCUT2D eigenvalue weighted by molar-refractivity contribution is 0.103. The van der Waals surface area contributed by atoms with Crippen LogP contribution in [0.25, 0.3) is 17.8 Å². The van der Waals surface area contributed by atoms with Crippen LogP contribution in [-0.4, -0.2) is 20.5 Å². The van der Waals surface area contributed by atoms with Crippen LogP contribution in [0.4, 0.5) is 0 Å². The molecule has 28 heavy (non-hydrogen) atoms. The minimum atomic E-state index is -0.319. The van der Waals surface area contributed by atoms with Crippen molar-refractivity contribution < 1.29 is 9.21 Å². The second-order valence-corrected chi connectivity index (χ2v) is 7.39. The standard InChI is InChI=1S/C20H14ClN3O3S/c1-12-14(19(21)24(23-12)13-6-3-2-4-7-13)10-17-20(26)22-18(28-17)11-15(25)16-8-5-9-27-16/h2-11H,1H3,(H,22,26)/b17-10-,18-11-. The number of hydrogen-bond donors (Lipinski definition) is 1. The SMILES string of the molecule is Cc1nn(-c2ccccc2)c(Cl)c1/C=c1\s/c(=C\C(=O)c2ccco2)[nH]c1=O. The van der Waals surface area contributed by atoms with Gasteiger partial charge < -0.3 is 9.40 Å². The number of aromatic amines is 1. The number of H-pyrrole nitrogens is 1. The van der Waals surface area contributed by atoms with Gasteiger partial charge in [0.15, 0.2) is 5.76 Å². The van der Waals surface area contributed by atoms with E-state index in [0.29, 0.717) is 25.6 Å². The Hall–Kier alpha value is -3.16. The predicted octanol–water partition coefficient (Wildman–Crippen LogP) is 2.67. The summed E-state index contributed by atoms with van der Waals surface area (Å²) in [5.41, 5.74) is 1.88. The number of rotatable bonds is 4. The smallest absolute Gasteiger partial charge is 0.266 e. The van der Waals surface area contributed by atoms with Gasteiger partial charge in [-0.05, 0) is 37.3 Å². The van der Waals surface area contributed by atoms with Crippen molar-refractivity contribution in [2.75, 3.05) is 0 Å². The van der Waals surface area contributed by atoms with E-state index in [1.807, 2.05) is 37.3 Å². The molecule has 6 nitrogen and oxygen atoms in total.